The lowest BCUT2D eigenvalue weighted by Crippen LogP contribution is -2.26. The minimum atomic E-state index is -0.307. The second kappa shape index (κ2) is 4.99. The number of amides is 1. The van der Waals surface area contributed by atoms with E-state index in [2.05, 4.69) is 0 Å². The normalized spacial score (nSPS) is 9.80. The molecule has 0 spiro atoms. The fourth-order valence-electron chi connectivity index (χ4n) is 0.356. The summed E-state index contributed by atoms with van der Waals surface area (Å²) >= 11 is 5.11. The average molecular weight is 161 g/mol. The first-order valence-corrected chi connectivity index (χ1v) is 3.03. The number of rotatable bonds is 3. The zero-order valence-electron chi connectivity index (χ0n) is 5.50. The molecule has 1 amide bonds. The van der Waals surface area contributed by atoms with E-state index in [9.17, 15) is 9.59 Å². The molecule has 0 aliphatic carbocycles. The van der Waals surface area contributed by atoms with Gasteiger partial charge >= 0.3 is 0 Å². The maximum absolute atomic E-state index is 10.7. The first kappa shape index (κ1) is 9.17. The van der Waals surface area contributed by atoms with Crippen LogP contribution in [0.15, 0.2) is 11.6 Å². The van der Waals surface area contributed by atoms with Crippen molar-refractivity contribution in [3.8, 4) is 0 Å². The Kier molecular flexibility index (Phi) is 4.58. The van der Waals surface area contributed by atoms with Gasteiger partial charge in [-0.2, -0.15) is 0 Å². The van der Waals surface area contributed by atoms with E-state index in [1.165, 1.54) is 18.0 Å². The zero-order chi connectivity index (χ0) is 7.98. The first-order chi connectivity index (χ1) is 4.72. The van der Waals surface area contributed by atoms with E-state index in [-0.39, 0.29) is 12.5 Å². The number of hydrogen-bond acceptors (Lipinski definition) is 2. The van der Waals surface area contributed by atoms with Crippen molar-refractivity contribution in [1.82, 2.24) is 4.90 Å². The maximum atomic E-state index is 10.7. The average Bonchev–Trinajstić information content (AvgIpc) is 1.89. The number of carbonyl (C=O) groups is 1. The number of halogens is 1. The van der Waals surface area contributed by atoms with Gasteiger partial charge in [-0.25, -0.2) is 0 Å². The fourth-order valence-corrected chi connectivity index (χ4v) is 0.464. The zero-order valence-corrected chi connectivity index (χ0v) is 6.26. The highest BCUT2D eigenvalue weighted by Crippen LogP contribution is 1.86. The Morgan fingerprint density at radius 2 is 2.40 bits per heavy atom. The molecule has 0 aliphatic rings. The Labute approximate surface area is 64.3 Å². The third-order valence-electron chi connectivity index (χ3n) is 0.884. The molecule has 0 unspecified atom stereocenters. The van der Waals surface area contributed by atoms with Gasteiger partial charge in [0.05, 0.1) is 6.54 Å². The summed E-state index contributed by atoms with van der Waals surface area (Å²) < 4.78 is 0. The Bertz CT molecular complexity index is 156. The van der Waals surface area contributed by atoms with Crippen LogP contribution in [0.25, 0.3) is 0 Å². The van der Waals surface area contributed by atoms with Gasteiger partial charge in [0.15, 0.2) is 0 Å². The van der Waals surface area contributed by atoms with Crippen LogP contribution in [0, 0.1) is 0 Å². The molecule has 0 aromatic rings. The van der Waals surface area contributed by atoms with Gasteiger partial charge in [0.2, 0.25) is 12.2 Å². The largest absolute Gasteiger partial charge is 0.334 e. The summed E-state index contributed by atoms with van der Waals surface area (Å²) in [4.78, 5) is 21.7. The van der Waals surface area contributed by atoms with Crippen molar-refractivity contribution >= 4 is 23.8 Å². The van der Waals surface area contributed by atoms with Crippen LogP contribution in [-0.4, -0.2) is 30.7 Å². The topological polar surface area (TPSA) is 37.4 Å². The number of carbonyl (C=O) groups excluding carboxylic acids is 2. The molecule has 0 aromatic carbocycles. The molecule has 1 radical (unpaired) electrons. The van der Waals surface area contributed by atoms with Crippen LogP contribution in [0.4, 0.5) is 0 Å². The predicted molar refractivity (Wildman–Crippen MR) is 38.3 cm³/mol. The quantitative estimate of drug-likeness (QED) is 0.558. The Morgan fingerprint density at radius 1 is 1.80 bits per heavy atom. The molecule has 4 heteroatoms. The minimum Gasteiger partial charge on any atom is -0.334 e. The summed E-state index contributed by atoms with van der Waals surface area (Å²) in [7, 11) is 1.49. The van der Waals surface area contributed by atoms with Crippen molar-refractivity contribution in [3.05, 3.63) is 11.6 Å². The molecule has 55 valence electrons. The van der Waals surface area contributed by atoms with E-state index in [0.717, 1.165) is 5.54 Å². The molecular weight excluding hydrogens is 154 g/mol. The molecule has 0 rings (SSSR count). The SMILES string of the molecule is CN(C[C]=O)C(=O)/C=C/Cl. The standard InChI is InChI=1S/C6H7ClNO2/c1-8(4-5-9)6(10)2-3-7/h2-3H,4H2,1H3/b3-2+. The Hall–Kier alpha value is -0.830. The Balaban J connectivity index is 3.81. The summed E-state index contributed by atoms with van der Waals surface area (Å²) in [5.41, 5.74) is 1.10. The van der Waals surface area contributed by atoms with Gasteiger partial charge in [-0.3, -0.25) is 9.59 Å². The van der Waals surface area contributed by atoms with Crippen molar-refractivity contribution in [2.24, 2.45) is 0 Å². The van der Waals surface area contributed by atoms with Crippen LogP contribution in [0.5, 0.6) is 0 Å². The summed E-state index contributed by atoms with van der Waals surface area (Å²) in [6.07, 6.45) is 2.75. The van der Waals surface area contributed by atoms with E-state index in [0.29, 0.717) is 0 Å². The number of likely N-dealkylation sites (N-methyl/N-ethyl adjacent to an activating group) is 1. The molecule has 0 bridgehead atoms. The smallest absolute Gasteiger partial charge is 0.247 e. The van der Waals surface area contributed by atoms with Gasteiger partial charge in [0.1, 0.15) is 0 Å². The lowest BCUT2D eigenvalue weighted by Gasteiger charge is -2.08. The van der Waals surface area contributed by atoms with E-state index in [4.69, 9.17) is 11.6 Å². The third-order valence-corrected chi connectivity index (χ3v) is 1.01. The van der Waals surface area contributed by atoms with Crippen molar-refractivity contribution in [3.63, 3.8) is 0 Å². The van der Waals surface area contributed by atoms with Crippen LogP contribution in [0.2, 0.25) is 0 Å². The van der Waals surface area contributed by atoms with Gasteiger partial charge in [-0.1, -0.05) is 11.6 Å². The molecule has 10 heavy (non-hydrogen) atoms. The summed E-state index contributed by atoms with van der Waals surface area (Å²) in [5.74, 6) is -0.307. The second-order valence-corrected chi connectivity index (χ2v) is 1.88. The van der Waals surface area contributed by atoms with E-state index in [1.807, 2.05) is 0 Å². The molecule has 0 aliphatic heterocycles. The van der Waals surface area contributed by atoms with Crippen molar-refractivity contribution in [2.75, 3.05) is 13.6 Å². The van der Waals surface area contributed by atoms with Gasteiger partial charge in [0.25, 0.3) is 0 Å². The highest BCUT2D eigenvalue weighted by atomic mass is 35.5. The van der Waals surface area contributed by atoms with Gasteiger partial charge in [-0.15, -0.1) is 0 Å². The number of hydrogen-bond donors (Lipinski definition) is 0. The first-order valence-electron chi connectivity index (χ1n) is 2.59. The predicted octanol–water partition coefficient (Wildman–Crippen LogP) is 0.307. The summed E-state index contributed by atoms with van der Waals surface area (Å²) in [6.45, 7) is -0.0277. The minimum absolute atomic E-state index is 0.0277. The van der Waals surface area contributed by atoms with Crippen molar-refractivity contribution < 1.29 is 9.59 Å². The van der Waals surface area contributed by atoms with Crippen LogP contribution < -0.4 is 0 Å². The fraction of sp³-hybridized carbons (Fsp3) is 0.333. The monoisotopic (exact) mass is 160 g/mol. The maximum Gasteiger partial charge on any atom is 0.247 e. The summed E-state index contributed by atoms with van der Waals surface area (Å²) in [5, 5.41) is 0. The highest BCUT2D eigenvalue weighted by Gasteiger charge is 2.01. The van der Waals surface area contributed by atoms with Crippen LogP contribution >= 0.6 is 11.6 Å². The highest BCUT2D eigenvalue weighted by molar-refractivity contribution is 6.26. The molecule has 3 nitrogen and oxygen atoms in total. The molecule has 0 saturated carbocycles. The Morgan fingerprint density at radius 3 is 2.80 bits per heavy atom. The van der Waals surface area contributed by atoms with E-state index < -0.39 is 0 Å². The molecule has 0 saturated heterocycles. The molecule has 0 N–H and O–H groups in total. The van der Waals surface area contributed by atoms with Gasteiger partial charge < -0.3 is 4.90 Å². The third kappa shape index (κ3) is 3.25. The molecular formula is C6H7ClNO2. The molecule has 0 atom stereocenters. The molecule has 0 aromatic heterocycles. The number of nitrogens with zero attached hydrogens (tertiary/aromatic N) is 1. The van der Waals surface area contributed by atoms with Crippen molar-refractivity contribution in [2.45, 2.75) is 0 Å². The second-order valence-electron chi connectivity index (χ2n) is 1.63. The summed E-state index contributed by atoms with van der Waals surface area (Å²) in [6, 6.07) is 0. The molecule has 0 heterocycles. The van der Waals surface area contributed by atoms with E-state index in [1.54, 1.807) is 6.29 Å². The van der Waals surface area contributed by atoms with Crippen molar-refractivity contribution in [1.29, 1.82) is 0 Å². The van der Waals surface area contributed by atoms with Crippen LogP contribution in [0.1, 0.15) is 0 Å². The van der Waals surface area contributed by atoms with E-state index >= 15 is 0 Å². The van der Waals surface area contributed by atoms with Crippen LogP contribution in [0.3, 0.4) is 0 Å². The lowest BCUT2D eigenvalue weighted by atomic mass is 10.5. The molecule has 0 fully saturated rings. The van der Waals surface area contributed by atoms with Gasteiger partial charge in [-0.05, 0) is 0 Å². The van der Waals surface area contributed by atoms with Gasteiger partial charge in [0, 0.05) is 18.7 Å². The van der Waals surface area contributed by atoms with Crippen LogP contribution in [-0.2, 0) is 9.59 Å². The lowest BCUT2D eigenvalue weighted by molar-refractivity contribution is -0.124.